The van der Waals surface area contributed by atoms with Gasteiger partial charge in [-0.05, 0) is 56.8 Å². The molecule has 1 aromatic rings. The van der Waals surface area contributed by atoms with Gasteiger partial charge in [0.05, 0.1) is 0 Å². The van der Waals surface area contributed by atoms with Crippen LogP contribution in [0.5, 0.6) is 0 Å². The molecule has 0 aliphatic heterocycles. The van der Waals surface area contributed by atoms with E-state index in [-0.39, 0.29) is 5.41 Å². The zero-order valence-corrected chi connectivity index (χ0v) is 14.7. The van der Waals surface area contributed by atoms with Gasteiger partial charge < -0.3 is 10.2 Å². The minimum Gasteiger partial charge on any atom is -0.308 e. The standard InChI is InChI=1S/C19H32N2/c1-15(20-14-19(21(5)6)12-7-13-19)16-8-10-17(11-9-16)18(2,3)4/h8-11,15,20H,7,12-14H2,1-6H3. The lowest BCUT2D eigenvalue weighted by atomic mass is 9.75. The van der Waals surface area contributed by atoms with Crippen molar-refractivity contribution in [1.29, 1.82) is 0 Å². The molecule has 0 amide bonds. The monoisotopic (exact) mass is 288 g/mol. The SMILES string of the molecule is CC(NCC1(N(C)C)CCC1)c1ccc(C(C)(C)C)cc1. The molecule has 1 aliphatic carbocycles. The van der Waals surface area contributed by atoms with Gasteiger partial charge in [-0.3, -0.25) is 0 Å². The van der Waals surface area contributed by atoms with Crippen molar-refractivity contribution in [3.8, 4) is 0 Å². The van der Waals surface area contributed by atoms with Crippen LogP contribution in [0.2, 0.25) is 0 Å². The highest BCUT2D eigenvalue weighted by Gasteiger charge is 2.38. The minimum absolute atomic E-state index is 0.232. The van der Waals surface area contributed by atoms with Crippen molar-refractivity contribution in [3.63, 3.8) is 0 Å². The lowest BCUT2D eigenvalue weighted by Crippen LogP contribution is -2.56. The summed E-state index contributed by atoms with van der Waals surface area (Å²) in [6.45, 7) is 10.2. The Morgan fingerprint density at radius 2 is 1.71 bits per heavy atom. The molecule has 0 aromatic heterocycles. The molecule has 0 heterocycles. The van der Waals surface area contributed by atoms with E-state index < -0.39 is 0 Å². The highest BCUT2D eigenvalue weighted by Crippen LogP contribution is 2.36. The number of likely N-dealkylation sites (N-methyl/N-ethyl adjacent to an activating group) is 1. The molecule has 2 rings (SSSR count). The molecule has 1 atom stereocenters. The van der Waals surface area contributed by atoms with Crippen molar-refractivity contribution in [3.05, 3.63) is 35.4 Å². The topological polar surface area (TPSA) is 15.3 Å². The molecule has 0 bridgehead atoms. The van der Waals surface area contributed by atoms with Crippen LogP contribution < -0.4 is 5.32 Å². The first kappa shape index (κ1) is 16.5. The van der Waals surface area contributed by atoms with Gasteiger partial charge in [-0.25, -0.2) is 0 Å². The number of hydrogen-bond donors (Lipinski definition) is 1. The lowest BCUT2D eigenvalue weighted by Gasteiger charge is -2.48. The summed E-state index contributed by atoms with van der Waals surface area (Å²) in [6, 6.07) is 9.52. The molecule has 1 aromatic carbocycles. The number of rotatable bonds is 5. The van der Waals surface area contributed by atoms with Crippen LogP contribution in [0, 0.1) is 0 Å². The normalized spacial score (nSPS) is 19.4. The predicted octanol–water partition coefficient (Wildman–Crippen LogP) is 4.12. The number of benzene rings is 1. The molecule has 21 heavy (non-hydrogen) atoms. The van der Waals surface area contributed by atoms with E-state index in [2.05, 4.69) is 76.3 Å². The van der Waals surface area contributed by atoms with Crippen LogP contribution in [-0.4, -0.2) is 31.1 Å². The molecule has 1 unspecified atom stereocenters. The van der Waals surface area contributed by atoms with Crippen LogP contribution in [0.3, 0.4) is 0 Å². The van der Waals surface area contributed by atoms with Crippen LogP contribution in [0.25, 0.3) is 0 Å². The molecule has 0 spiro atoms. The highest BCUT2D eigenvalue weighted by molar-refractivity contribution is 5.29. The predicted molar refractivity (Wildman–Crippen MR) is 91.8 cm³/mol. The molecule has 2 heteroatoms. The summed E-state index contributed by atoms with van der Waals surface area (Å²) in [6.07, 6.45) is 4.01. The first-order valence-electron chi connectivity index (χ1n) is 8.26. The maximum absolute atomic E-state index is 3.74. The molecule has 1 N–H and O–H groups in total. The van der Waals surface area contributed by atoms with Crippen molar-refractivity contribution in [2.75, 3.05) is 20.6 Å². The van der Waals surface area contributed by atoms with Gasteiger partial charge in [0.15, 0.2) is 0 Å². The van der Waals surface area contributed by atoms with Gasteiger partial charge in [0.1, 0.15) is 0 Å². The van der Waals surface area contributed by atoms with Crippen molar-refractivity contribution >= 4 is 0 Å². The van der Waals surface area contributed by atoms with Crippen LogP contribution in [0.15, 0.2) is 24.3 Å². The fourth-order valence-electron chi connectivity index (χ4n) is 3.10. The fraction of sp³-hybridized carbons (Fsp3) is 0.684. The van der Waals surface area contributed by atoms with E-state index in [1.165, 1.54) is 30.4 Å². The summed E-state index contributed by atoms with van der Waals surface area (Å²) in [5, 5.41) is 3.74. The maximum Gasteiger partial charge on any atom is 0.0328 e. The van der Waals surface area contributed by atoms with E-state index in [9.17, 15) is 0 Å². The third-order valence-electron chi connectivity index (χ3n) is 5.25. The summed E-state index contributed by atoms with van der Waals surface area (Å²) in [5.41, 5.74) is 3.41. The molecule has 0 radical (unpaired) electrons. The van der Waals surface area contributed by atoms with Crippen LogP contribution in [0.4, 0.5) is 0 Å². The summed E-state index contributed by atoms with van der Waals surface area (Å²) in [5.74, 6) is 0. The zero-order valence-electron chi connectivity index (χ0n) is 14.7. The largest absolute Gasteiger partial charge is 0.308 e. The first-order valence-corrected chi connectivity index (χ1v) is 8.26. The number of nitrogens with one attached hydrogen (secondary N) is 1. The smallest absolute Gasteiger partial charge is 0.0328 e. The Bertz CT molecular complexity index is 449. The second-order valence-corrected chi connectivity index (χ2v) is 7.95. The molecule has 0 saturated heterocycles. The molecule has 118 valence electrons. The van der Waals surface area contributed by atoms with Gasteiger partial charge in [0.2, 0.25) is 0 Å². The Balaban J connectivity index is 1.96. The first-order chi connectivity index (χ1) is 9.74. The third kappa shape index (κ3) is 3.67. The van der Waals surface area contributed by atoms with Crippen molar-refractivity contribution in [2.24, 2.45) is 0 Å². The summed E-state index contributed by atoms with van der Waals surface area (Å²) < 4.78 is 0. The molecule has 2 nitrogen and oxygen atoms in total. The van der Waals surface area contributed by atoms with Crippen molar-refractivity contribution in [1.82, 2.24) is 10.2 Å². The number of hydrogen-bond acceptors (Lipinski definition) is 2. The molecule has 1 fully saturated rings. The summed E-state index contributed by atoms with van der Waals surface area (Å²) in [4.78, 5) is 2.40. The minimum atomic E-state index is 0.232. The van der Waals surface area contributed by atoms with Gasteiger partial charge >= 0.3 is 0 Å². The molecule has 1 aliphatic rings. The van der Waals surface area contributed by atoms with E-state index in [1.54, 1.807) is 0 Å². The van der Waals surface area contributed by atoms with E-state index in [4.69, 9.17) is 0 Å². The molecule has 1 saturated carbocycles. The third-order valence-corrected chi connectivity index (χ3v) is 5.25. The van der Waals surface area contributed by atoms with E-state index in [0.717, 1.165) is 6.54 Å². The Kier molecular flexibility index (Phi) is 4.79. The Morgan fingerprint density at radius 3 is 2.10 bits per heavy atom. The maximum atomic E-state index is 3.74. The second kappa shape index (κ2) is 6.10. The van der Waals surface area contributed by atoms with Crippen molar-refractivity contribution in [2.45, 2.75) is 64.0 Å². The average molecular weight is 288 g/mol. The van der Waals surface area contributed by atoms with Crippen LogP contribution in [0.1, 0.15) is 64.1 Å². The Morgan fingerprint density at radius 1 is 1.14 bits per heavy atom. The highest BCUT2D eigenvalue weighted by atomic mass is 15.2. The van der Waals surface area contributed by atoms with Crippen LogP contribution >= 0.6 is 0 Å². The van der Waals surface area contributed by atoms with E-state index >= 15 is 0 Å². The quantitative estimate of drug-likeness (QED) is 0.877. The van der Waals surface area contributed by atoms with Gasteiger partial charge in [0, 0.05) is 18.1 Å². The zero-order chi connectivity index (χ0) is 15.7. The lowest BCUT2D eigenvalue weighted by molar-refractivity contribution is 0.0576. The Labute approximate surface area is 130 Å². The van der Waals surface area contributed by atoms with E-state index in [0.29, 0.717) is 11.6 Å². The van der Waals surface area contributed by atoms with Gasteiger partial charge in [0.25, 0.3) is 0 Å². The van der Waals surface area contributed by atoms with Gasteiger partial charge in [-0.2, -0.15) is 0 Å². The second-order valence-electron chi connectivity index (χ2n) is 7.95. The fourth-order valence-corrected chi connectivity index (χ4v) is 3.10. The van der Waals surface area contributed by atoms with Crippen molar-refractivity contribution < 1.29 is 0 Å². The van der Waals surface area contributed by atoms with Gasteiger partial charge in [-0.15, -0.1) is 0 Å². The average Bonchev–Trinajstić information content (AvgIpc) is 2.36. The summed E-state index contributed by atoms with van der Waals surface area (Å²) >= 11 is 0. The van der Waals surface area contributed by atoms with Crippen LogP contribution in [-0.2, 0) is 5.41 Å². The number of nitrogens with zero attached hydrogens (tertiary/aromatic N) is 1. The van der Waals surface area contributed by atoms with E-state index in [1.807, 2.05) is 0 Å². The Hall–Kier alpha value is -0.860. The molecular formula is C19H32N2. The summed E-state index contributed by atoms with van der Waals surface area (Å²) in [7, 11) is 4.42. The van der Waals surface area contributed by atoms with Gasteiger partial charge in [-0.1, -0.05) is 45.0 Å². The molecular weight excluding hydrogens is 256 g/mol.